The molecule has 0 heterocycles. The van der Waals surface area contributed by atoms with Gasteiger partial charge in [-0.2, -0.15) is 0 Å². The van der Waals surface area contributed by atoms with Gasteiger partial charge < -0.3 is 15.2 Å². The standard InChI is InChI=1S/C15H22ClNO3/c1-3-15(4-2,11-18)10-17-14(19)9-20-13-7-5-6-12(16)8-13/h5-8,18H,3-4,9-11H2,1-2H3,(H,17,19). The average Bonchev–Trinajstić information content (AvgIpc) is 2.47. The first-order valence-corrected chi connectivity index (χ1v) is 7.19. The van der Waals surface area contributed by atoms with Crippen LogP contribution in [0.2, 0.25) is 5.02 Å². The third kappa shape index (κ3) is 5.02. The molecule has 20 heavy (non-hydrogen) atoms. The first kappa shape index (κ1) is 16.8. The van der Waals surface area contributed by atoms with Crippen LogP contribution in [0.15, 0.2) is 24.3 Å². The molecule has 0 aromatic heterocycles. The van der Waals surface area contributed by atoms with Crippen molar-refractivity contribution in [3.8, 4) is 5.75 Å². The lowest BCUT2D eigenvalue weighted by Crippen LogP contribution is -2.41. The highest BCUT2D eigenvalue weighted by molar-refractivity contribution is 6.30. The number of hydrogen-bond donors (Lipinski definition) is 2. The Balaban J connectivity index is 2.40. The summed E-state index contributed by atoms with van der Waals surface area (Å²) in [5, 5.41) is 12.8. The number of aliphatic hydroxyl groups excluding tert-OH is 1. The van der Waals surface area contributed by atoms with E-state index in [1.165, 1.54) is 0 Å². The lowest BCUT2D eigenvalue weighted by molar-refractivity contribution is -0.123. The molecule has 0 atom stereocenters. The summed E-state index contributed by atoms with van der Waals surface area (Å²) >= 11 is 5.83. The molecule has 0 spiro atoms. The third-order valence-corrected chi connectivity index (χ3v) is 3.90. The van der Waals surface area contributed by atoms with E-state index in [2.05, 4.69) is 5.32 Å². The Morgan fingerprint density at radius 3 is 2.65 bits per heavy atom. The van der Waals surface area contributed by atoms with Crippen LogP contribution in [0.5, 0.6) is 5.75 Å². The van der Waals surface area contributed by atoms with E-state index in [-0.39, 0.29) is 24.5 Å². The minimum atomic E-state index is -0.244. The number of carbonyl (C=O) groups excluding carboxylic acids is 1. The summed E-state index contributed by atoms with van der Waals surface area (Å²) in [4.78, 5) is 11.7. The van der Waals surface area contributed by atoms with Crippen molar-refractivity contribution in [2.45, 2.75) is 26.7 Å². The molecule has 2 N–H and O–H groups in total. The molecule has 0 saturated heterocycles. The SMILES string of the molecule is CCC(CC)(CO)CNC(=O)COc1cccc(Cl)c1. The predicted octanol–water partition coefficient (Wildman–Crippen LogP) is 2.63. The van der Waals surface area contributed by atoms with Crippen molar-refractivity contribution in [1.82, 2.24) is 5.32 Å². The molecule has 1 amide bonds. The Morgan fingerprint density at radius 2 is 2.10 bits per heavy atom. The van der Waals surface area contributed by atoms with E-state index >= 15 is 0 Å². The zero-order chi connectivity index (χ0) is 15.0. The van der Waals surface area contributed by atoms with Gasteiger partial charge in [-0.25, -0.2) is 0 Å². The number of ether oxygens (including phenoxy) is 1. The second-order valence-electron chi connectivity index (χ2n) is 4.89. The Morgan fingerprint density at radius 1 is 1.40 bits per heavy atom. The van der Waals surface area contributed by atoms with E-state index in [0.717, 1.165) is 12.8 Å². The minimum absolute atomic E-state index is 0.0602. The molecule has 112 valence electrons. The highest BCUT2D eigenvalue weighted by Gasteiger charge is 2.25. The van der Waals surface area contributed by atoms with Gasteiger partial charge in [0.15, 0.2) is 6.61 Å². The number of nitrogens with one attached hydrogen (secondary N) is 1. The van der Waals surface area contributed by atoms with Crippen LogP contribution in [0.1, 0.15) is 26.7 Å². The van der Waals surface area contributed by atoms with E-state index in [4.69, 9.17) is 16.3 Å². The highest BCUT2D eigenvalue weighted by atomic mass is 35.5. The van der Waals surface area contributed by atoms with Crippen LogP contribution in [-0.2, 0) is 4.79 Å². The van der Waals surface area contributed by atoms with Crippen LogP contribution < -0.4 is 10.1 Å². The molecular weight excluding hydrogens is 278 g/mol. The van der Waals surface area contributed by atoms with E-state index < -0.39 is 0 Å². The molecule has 0 saturated carbocycles. The molecule has 0 aliphatic rings. The summed E-state index contributed by atoms with van der Waals surface area (Å²) in [6.45, 7) is 4.47. The maximum Gasteiger partial charge on any atom is 0.257 e. The second kappa shape index (κ2) is 8.12. The lowest BCUT2D eigenvalue weighted by atomic mass is 9.83. The fraction of sp³-hybridized carbons (Fsp3) is 0.533. The van der Waals surface area contributed by atoms with E-state index in [1.54, 1.807) is 24.3 Å². The van der Waals surface area contributed by atoms with Gasteiger partial charge >= 0.3 is 0 Å². The topological polar surface area (TPSA) is 58.6 Å². The maximum atomic E-state index is 11.7. The molecule has 1 aromatic rings. The van der Waals surface area contributed by atoms with E-state index in [9.17, 15) is 9.90 Å². The summed E-state index contributed by atoms with van der Waals surface area (Å²) in [6.07, 6.45) is 1.63. The molecule has 0 aliphatic carbocycles. The molecular formula is C15H22ClNO3. The number of amides is 1. The van der Waals surface area contributed by atoms with Crippen molar-refractivity contribution in [1.29, 1.82) is 0 Å². The van der Waals surface area contributed by atoms with Crippen LogP contribution in [0.3, 0.4) is 0 Å². The zero-order valence-corrected chi connectivity index (χ0v) is 12.7. The number of benzene rings is 1. The van der Waals surface area contributed by atoms with Crippen LogP contribution in [-0.4, -0.2) is 30.8 Å². The number of hydrogen-bond acceptors (Lipinski definition) is 3. The quantitative estimate of drug-likeness (QED) is 0.776. The number of halogens is 1. The van der Waals surface area contributed by atoms with Crippen LogP contribution in [0.25, 0.3) is 0 Å². The normalized spacial score (nSPS) is 11.2. The highest BCUT2D eigenvalue weighted by Crippen LogP contribution is 2.24. The zero-order valence-electron chi connectivity index (χ0n) is 12.0. The molecule has 0 fully saturated rings. The summed E-state index contributed by atoms with van der Waals surface area (Å²) in [5.74, 6) is 0.358. The van der Waals surface area contributed by atoms with Gasteiger partial charge in [-0.3, -0.25) is 4.79 Å². The van der Waals surface area contributed by atoms with Crippen molar-refractivity contribution in [3.63, 3.8) is 0 Å². The Hall–Kier alpha value is -1.26. The van der Waals surface area contributed by atoms with Crippen molar-refractivity contribution in [2.75, 3.05) is 19.8 Å². The second-order valence-corrected chi connectivity index (χ2v) is 5.32. The minimum Gasteiger partial charge on any atom is -0.484 e. The van der Waals surface area contributed by atoms with Gasteiger partial charge in [-0.05, 0) is 31.0 Å². The van der Waals surface area contributed by atoms with Crippen LogP contribution in [0, 0.1) is 5.41 Å². The summed E-state index contributed by atoms with van der Waals surface area (Å²) in [7, 11) is 0. The number of carbonyl (C=O) groups is 1. The molecule has 0 unspecified atom stereocenters. The van der Waals surface area contributed by atoms with Crippen molar-refractivity contribution >= 4 is 17.5 Å². The Labute approximate surface area is 125 Å². The van der Waals surface area contributed by atoms with Gasteiger partial charge in [-0.15, -0.1) is 0 Å². The van der Waals surface area contributed by atoms with Gasteiger partial charge in [0.2, 0.25) is 0 Å². The molecule has 0 radical (unpaired) electrons. The third-order valence-electron chi connectivity index (χ3n) is 3.66. The van der Waals surface area contributed by atoms with Gasteiger partial charge in [0.05, 0.1) is 6.61 Å². The van der Waals surface area contributed by atoms with Crippen molar-refractivity contribution < 1.29 is 14.6 Å². The number of aliphatic hydroxyl groups is 1. The van der Waals surface area contributed by atoms with Gasteiger partial charge in [0.25, 0.3) is 5.91 Å². The molecule has 4 nitrogen and oxygen atoms in total. The Bertz CT molecular complexity index is 425. The molecule has 5 heteroatoms. The first-order chi connectivity index (χ1) is 9.55. The van der Waals surface area contributed by atoms with E-state index in [0.29, 0.717) is 17.3 Å². The van der Waals surface area contributed by atoms with Crippen LogP contribution >= 0.6 is 11.6 Å². The molecule has 0 bridgehead atoms. The predicted molar refractivity (Wildman–Crippen MR) is 80.1 cm³/mol. The summed E-state index contributed by atoms with van der Waals surface area (Å²) < 4.78 is 5.36. The molecule has 0 aliphatic heterocycles. The number of rotatable bonds is 8. The Kier molecular flexibility index (Phi) is 6.82. The summed E-state index contributed by atoms with van der Waals surface area (Å²) in [6, 6.07) is 6.91. The first-order valence-electron chi connectivity index (χ1n) is 6.81. The van der Waals surface area contributed by atoms with Gasteiger partial charge in [-0.1, -0.05) is 31.5 Å². The van der Waals surface area contributed by atoms with Crippen LogP contribution in [0.4, 0.5) is 0 Å². The van der Waals surface area contributed by atoms with Gasteiger partial charge in [0, 0.05) is 17.0 Å². The lowest BCUT2D eigenvalue weighted by Gasteiger charge is -2.29. The summed E-state index contributed by atoms with van der Waals surface area (Å²) in [5.41, 5.74) is -0.244. The maximum absolute atomic E-state index is 11.7. The van der Waals surface area contributed by atoms with Crippen molar-refractivity contribution in [2.24, 2.45) is 5.41 Å². The smallest absolute Gasteiger partial charge is 0.257 e. The van der Waals surface area contributed by atoms with Gasteiger partial charge in [0.1, 0.15) is 5.75 Å². The fourth-order valence-electron chi connectivity index (χ4n) is 1.82. The monoisotopic (exact) mass is 299 g/mol. The molecule has 1 aromatic carbocycles. The molecule has 1 rings (SSSR count). The van der Waals surface area contributed by atoms with Crippen molar-refractivity contribution in [3.05, 3.63) is 29.3 Å². The fourth-order valence-corrected chi connectivity index (χ4v) is 2.00. The van der Waals surface area contributed by atoms with E-state index in [1.807, 2.05) is 13.8 Å². The average molecular weight is 300 g/mol. The largest absolute Gasteiger partial charge is 0.484 e.